The molecule has 3 aliphatic rings. The van der Waals surface area contributed by atoms with E-state index in [9.17, 15) is 4.79 Å². The Bertz CT molecular complexity index is 960. The van der Waals surface area contributed by atoms with Crippen LogP contribution in [-0.4, -0.2) is 41.8 Å². The van der Waals surface area contributed by atoms with Gasteiger partial charge in [0, 0.05) is 61.6 Å². The highest BCUT2D eigenvalue weighted by Crippen LogP contribution is 2.38. The quantitative estimate of drug-likeness (QED) is 0.757. The van der Waals surface area contributed by atoms with Crippen molar-refractivity contribution in [2.45, 2.75) is 37.8 Å². The summed E-state index contributed by atoms with van der Waals surface area (Å²) in [4.78, 5) is 15.3. The van der Waals surface area contributed by atoms with Crippen LogP contribution < -0.4 is 5.56 Å². The minimum absolute atomic E-state index is 0.137. The molecule has 29 heavy (non-hydrogen) atoms. The summed E-state index contributed by atoms with van der Waals surface area (Å²) in [6, 6.07) is 12.2. The van der Waals surface area contributed by atoms with Gasteiger partial charge in [-0.15, -0.1) is 0 Å². The summed E-state index contributed by atoms with van der Waals surface area (Å²) in [6.45, 7) is 4.75. The Hall–Kier alpha value is -1.88. The fourth-order valence-electron chi connectivity index (χ4n) is 5.33. The monoisotopic (exact) mass is 410 g/mol. The van der Waals surface area contributed by atoms with E-state index in [4.69, 9.17) is 16.3 Å². The Balaban J connectivity index is 1.45. The summed E-state index contributed by atoms with van der Waals surface area (Å²) in [5.41, 5.74) is 3.63. The molecule has 5 heteroatoms. The first kappa shape index (κ1) is 19.1. The van der Waals surface area contributed by atoms with E-state index in [0.717, 1.165) is 61.8 Å². The van der Waals surface area contributed by atoms with Gasteiger partial charge in [-0.2, -0.15) is 0 Å². The Morgan fingerprint density at radius 3 is 2.55 bits per heavy atom. The predicted molar refractivity (Wildman–Crippen MR) is 117 cm³/mol. The number of piperidine rings is 1. The van der Waals surface area contributed by atoms with Gasteiger partial charge in [0.25, 0.3) is 5.56 Å². The number of aromatic nitrogens is 1. The summed E-state index contributed by atoms with van der Waals surface area (Å²) >= 11 is 6.00. The summed E-state index contributed by atoms with van der Waals surface area (Å²) in [5.74, 6) is 0.987. The normalized spacial score (nSPS) is 25.3. The van der Waals surface area contributed by atoms with Crippen LogP contribution in [0.25, 0.3) is 12.2 Å². The fraction of sp³-hybridized carbons (Fsp3) is 0.458. The molecule has 4 heterocycles. The van der Waals surface area contributed by atoms with Crippen molar-refractivity contribution in [3.8, 4) is 0 Å². The standard InChI is InChI=1S/C24H27ClN2O2/c25-21-6-2-17(3-7-21)1-4-19-5-8-23(28)27-15-18-13-20(24(19)27)16-26(14-18)22-9-11-29-12-10-22/h1-8,18,20,22H,9-16H2/b4-1+/t18-,20+/m0/s1. The molecule has 0 spiro atoms. The molecule has 1 aromatic carbocycles. The zero-order valence-electron chi connectivity index (χ0n) is 16.6. The van der Waals surface area contributed by atoms with Crippen LogP contribution in [0.5, 0.6) is 0 Å². The highest BCUT2D eigenvalue weighted by atomic mass is 35.5. The first-order valence-corrected chi connectivity index (χ1v) is 11.0. The van der Waals surface area contributed by atoms with Crippen molar-refractivity contribution in [1.82, 2.24) is 9.47 Å². The fourth-order valence-corrected chi connectivity index (χ4v) is 5.46. The van der Waals surface area contributed by atoms with Gasteiger partial charge in [0.15, 0.2) is 0 Å². The summed E-state index contributed by atoms with van der Waals surface area (Å²) in [7, 11) is 0. The van der Waals surface area contributed by atoms with Gasteiger partial charge < -0.3 is 9.30 Å². The molecule has 0 N–H and O–H groups in total. The van der Waals surface area contributed by atoms with E-state index in [1.165, 1.54) is 12.1 Å². The lowest BCUT2D eigenvalue weighted by Gasteiger charge is -2.47. The summed E-state index contributed by atoms with van der Waals surface area (Å²) < 4.78 is 7.61. The number of likely N-dealkylation sites (tertiary alicyclic amines) is 1. The van der Waals surface area contributed by atoms with Crippen molar-refractivity contribution in [3.05, 3.63) is 68.6 Å². The lowest BCUT2D eigenvalue weighted by Crippen LogP contribution is -2.52. The van der Waals surface area contributed by atoms with Crippen LogP contribution in [0.3, 0.4) is 0 Å². The molecular weight excluding hydrogens is 384 g/mol. The first-order chi connectivity index (χ1) is 14.2. The third-order valence-electron chi connectivity index (χ3n) is 6.68. The first-order valence-electron chi connectivity index (χ1n) is 10.7. The third-order valence-corrected chi connectivity index (χ3v) is 6.94. The van der Waals surface area contributed by atoms with Crippen molar-refractivity contribution < 1.29 is 4.74 Å². The largest absolute Gasteiger partial charge is 0.381 e. The Morgan fingerprint density at radius 2 is 1.76 bits per heavy atom. The van der Waals surface area contributed by atoms with E-state index in [2.05, 4.69) is 17.1 Å². The molecule has 2 aromatic rings. The molecular formula is C24H27ClN2O2. The van der Waals surface area contributed by atoms with Gasteiger partial charge in [-0.05, 0) is 54.5 Å². The zero-order chi connectivity index (χ0) is 19.8. The second-order valence-corrected chi connectivity index (χ2v) is 9.04. The smallest absolute Gasteiger partial charge is 0.250 e. The lowest BCUT2D eigenvalue weighted by molar-refractivity contribution is 0.00584. The third kappa shape index (κ3) is 3.94. The minimum Gasteiger partial charge on any atom is -0.381 e. The number of pyridine rings is 1. The molecule has 0 unspecified atom stereocenters. The molecule has 0 aliphatic carbocycles. The van der Waals surface area contributed by atoms with Crippen LogP contribution >= 0.6 is 11.6 Å². The Kier molecular flexibility index (Phi) is 5.33. The van der Waals surface area contributed by atoms with Crippen molar-refractivity contribution >= 4 is 23.8 Å². The van der Waals surface area contributed by atoms with Crippen LogP contribution in [-0.2, 0) is 11.3 Å². The van der Waals surface area contributed by atoms with E-state index in [-0.39, 0.29) is 5.56 Å². The second-order valence-electron chi connectivity index (χ2n) is 8.60. The van der Waals surface area contributed by atoms with E-state index >= 15 is 0 Å². The molecule has 2 saturated heterocycles. The van der Waals surface area contributed by atoms with Gasteiger partial charge in [0.2, 0.25) is 0 Å². The number of fused-ring (bicyclic) bond motifs is 4. The number of nitrogens with zero attached hydrogens (tertiary/aromatic N) is 2. The minimum atomic E-state index is 0.137. The molecule has 0 radical (unpaired) electrons. The van der Waals surface area contributed by atoms with Crippen LogP contribution in [0.15, 0.2) is 41.2 Å². The molecule has 5 rings (SSSR count). The average Bonchev–Trinajstić information content (AvgIpc) is 2.75. The van der Waals surface area contributed by atoms with Crippen molar-refractivity contribution in [2.75, 3.05) is 26.3 Å². The van der Waals surface area contributed by atoms with Crippen molar-refractivity contribution in [1.29, 1.82) is 0 Å². The SMILES string of the molecule is O=c1ccc(/C=C/c2ccc(Cl)cc2)c2n1C[C@H]1C[C@@H]2CN(C2CCOCC2)C1. The highest BCUT2D eigenvalue weighted by Gasteiger charge is 2.38. The zero-order valence-corrected chi connectivity index (χ0v) is 17.4. The maximum atomic E-state index is 12.6. The van der Waals surface area contributed by atoms with E-state index in [0.29, 0.717) is 17.9 Å². The van der Waals surface area contributed by atoms with Gasteiger partial charge in [0.05, 0.1) is 0 Å². The maximum absolute atomic E-state index is 12.6. The number of halogens is 1. The van der Waals surface area contributed by atoms with Gasteiger partial charge in [0.1, 0.15) is 0 Å². The molecule has 3 aliphatic heterocycles. The number of ether oxygens (including phenoxy) is 1. The number of rotatable bonds is 3. The van der Waals surface area contributed by atoms with Crippen LogP contribution in [0.4, 0.5) is 0 Å². The Morgan fingerprint density at radius 1 is 0.966 bits per heavy atom. The van der Waals surface area contributed by atoms with Crippen LogP contribution in [0.2, 0.25) is 5.02 Å². The molecule has 1 aromatic heterocycles. The molecule has 0 saturated carbocycles. The highest BCUT2D eigenvalue weighted by molar-refractivity contribution is 6.30. The molecule has 2 atom stereocenters. The van der Waals surface area contributed by atoms with Gasteiger partial charge in [-0.3, -0.25) is 9.69 Å². The summed E-state index contributed by atoms with van der Waals surface area (Å²) in [5, 5.41) is 0.743. The van der Waals surface area contributed by atoms with Crippen molar-refractivity contribution in [3.63, 3.8) is 0 Å². The number of hydrogen-bond acceptors (Lipinski definition) is 3. The second kappa shape index (κ2) is 8.10. The molecule has 152 valence electrons. The topological polar surface area (TPSA) is 34.5 Å². The van der Waals surface area contributed by atoms with Gasteiger partial charge in [-0.25, -0.2) is 0 Å². The molecule has 2 bridgehead atoms. The van der Waals surface area contributed by atoms with Gasteiger partial charge in [-0.1, -0.05) is 35.9 Å². The molecule has 4 nitrogen and oxygen atoms in total. The van der Waals surface area contributed by atoms with E-state index in [1.54, 1.807) is 6.07 Å². The maximum Gasteiger partial charge on any atom is 0.250 e. The van der Waals surface area contributed by atoms with E-state index < -0.39 is 0 Å². The molecule has 2 fully saturated rings. The predicted octanol–water partition coefficient (Wildman–Crippen LogP) is 4.27. The van der Waals surface area contributed by atoms with Crippen LogP contribution in [0, 0.1) is 5.92 Å². The van der Waals surface area contributed by atoms with Crippen molar-refractivity contribution in [2.24, 2.45) is 5.92 Å². The van der Waals surface area contributed by atoms with Gasteiger partial charge >= 0.3 is 0 Å². The average molecular weight is 411 g/mol. The number of benzene rings is 1. The Labute approximate surface area is 176 Å². The van der Waals surface area contributed by atoms with Crippen LogP contribution in [0.1, 0.15) is 42.0 Å². The lowest BCUT2D eigenvalue weighted by atomic mass is 9.80. The van der Waals surface area contributed by atoms with E-state index in [1.807, 2.05) is 34.9 Å². The summed E-state index contributed by atoms with van der Waals surface area (Å²) in [6.07, 6.45) is 7.71. The number of hydrogen-bond donors (Lipinski definition) is 0. The molecule has 0 amide bonds.